The van der Waals surface area contributed by atoms with Gasteiger partial charge in [0.05, 0.1) is 17.3 Å². The van der Waals surface area contributed by atoms with Crippen LogP contribution in [0, 0.1) is 0 Å². The number of sulfone groups is 1. The number of rotatable bonds is 5. The largest absolute Gasteiger partial charge is 0.494 e. The lowest BCUT2D eigenvalue weighted by Gasteiger charge is -2.09. The molecule has 3 rings (SSSR count). The van der Waals surface area contributed by atoms with Crippen molar-refractivity contribution in [2.75, 3.05) is 12.4 Å². The van der Waals surface area contributed by atoms with Crippen LogP contribution in [-0.2, 0) is 14.6 Å². The van der Waals surface area contributed by atoms with Crippen molar-refractivity contribution in [2.24, 2.45) is 0 Å². The van der Waals surface area contributed by atoms with Crippen LogP contribution in [0.3, 0.4) is 0 Å². The Kier molecular flexibility index (Phi) is 5.13. The molecule has 6 heteroatoms. The first kappa shape index (κ1) is 18.2. The molecule has 0 saturated carbocycles. The van der Waals surface area contributed by atoms with Gasteiger partial charge < -0.3 is 9.84 Å². The molecule has 0 unspecified atom stereocenters. The fraction of sp³-hybridized carbons (Fsp3) is 0.250. The smallest absolute Gasteiger partial charge is 0.331 e. The van der Waals surface area contributed by atoms with Gasteiger partial charge in [0.2, 0.25) is 0 Å². The number of aliphatic carboxylic acids is 1. The van der Waals surface area contributed by atoms with Crippen LogP contribution in [0.4, 0.5) is 0 Å². The Morgan fingerprint density at radius 3 is 2.46 bits per heavy atom. The van der Waals surface area contributed by atoms with Crippen LogP contribution < -0.4 is 4.74 Å². The van der Waals surface area contributed by atoms with Gasteiger partial charge in [0.1, 0.15) is 5.75 Å². The number of fused-ring (bicyclic) bond motifs is 1. The van der Waals surface area contributed by atoms with Crippen LogP contribution in [0.25, 0.3) is 17.2 Å². The molecule has 136 valence electrons. The lowest BCUT2D eigenvalue weighted by Crippen LogP contribution is -2.08. The Morgan fingerprint density at radius 2 is 1.81 bits per heavy atom. The maximum Gasteiger partial charge on any atom is 0.331 e. The summed E-state index contributed by atoms with van der Waals surface area (Å²) in [5.74, 6) is -0.502. The molecule has 0 spiro atoms. The molecular weight excluding hydrogens is 352 g/mol. The van der Waals surface area contributed by atoms with Gasteiger partial charge in [0, 0.05) is 5.57 Å². The molecule has 5 nitrogen and oxygen atoms in total. The summed E-state index contributed by atoms with van der Waals surface area (Å²) in [5, 5.41) is 9.27. The highest BCUT2D eigenvalue weighted by atomic mass is 32.2. The van der Waals surface area contributed by atoms with Crippen molar-refractivity contribution in [3.05, 3.63) is 53.6 Å². The predicted octanol–water partition coefficient (Wildman–Crippen LogP) is 3.79. The van der Waals surface area contributed by atoms with Crippen molar-refractivity contribution >= 4 is 21.9 Å². The van der Waals surface area contributed by atoms with Gasteiger partial charge in [-0.25, -0.2) is 13.2 Å². The molecule has 2 aromatic rings. The zero-order chi connectivity index (χ0) is 18.7. The molecular formula is C20H20O5S. The number of hydrogen-bond donors (Lipinski definition) is 1. The Morgan fingerprint density at radius 1 is 1.12 bits per heavy atom. The van der Waals surface area contributed by atoms with E-state index in [-0.39, 0.29) is 22.6 Å². The molecule has 1 N–H and O–H groups in total. The number of ether oxygens (including phenoxy) is 1. The van der Waals surface area contributed by atoms with Crippen LogP contribution >= 0.6 is 0 Å². The highest BCUT2D eigenvalue weighted by molar-refractivity contribution is 7.91. The summed E-state index contributed by atoms with van der Waals surface area (Å²) in [6.07, 6.45) is 2.40. The first-order valence-corrected chi connectivity index (χ1v) is 10.1. The van der Waals surface area contributed by atoms with Gasteiger partial charge in [-0.3, -0.25) is 0 Å². The Balaban J connectivity index is 2.01. The van der Waals surface area contributed by atoms with Crippen molar-refractivity contribution in [1.29, 1.82) is 0 Å². The third kappa shape index (κ3) is 3.80. The van der Waals surface area contributed by atoms with Gasteiger partial charge in [0.15, 0.2) is 9.84 Å². The molecule has 0 saturated heterocycles. The highest BCUT2D eigenvalue weighted by Gasteiger charge is 2.24. The van der Waals surface area contributed by atoms with Crippen molar-refractivity contribution in [2.45, 2.75) is 24.7 Å². The molecule has 0 aliphatic carbocycles. The van der Waals surface area contributed by atoms with E-state index in [0.29, 0.717) is 12.2 Å². The van der Waals surface area contributed by atoms with Gasteiger partial charge in [-0.05, 0) is 59.9 Å². The molecule has 2 aromatic carbocycles. The first-order chi connectivity index (χ1) is 12.4. The van der Waals surface area contributed by atoms with E-state index in [1.54, 1.807) is 18.2 Å². The summed E-state index contributed by atoms with van der Waals surface area (Å²) >= 11 is 0. The molecule has 1 aliphatic rings. The van der Waals surface area contributed by atoms with E-state index in [9.17, 15) is 18.3 Å². The molecule has 1 heterocycles. The molecule has 0 atom stereocenters. The van der Waals surface area contributed by atoms with Gasteiger partial charge in [-0.2, -0.15) is 0 Å². The number of hydrogen-bond acceptors (Lipinski definition) is 4. The minimum atomic E-state index is -3.50. The van der Waals surface area contributed by atoms with Gasteiger partial charge in [-0.15, -0.1) is 0 Å². The van der Waals surface area contributed by atoms with E-state index >= 15 is 0 Å². The minimum absolute atomic E-state index is 0.00510. The summed E-state index contributed by atoms with van der Waals surface area (Å²) < 4.78 is 30.4. The number of carboxylic acid groups (broad SMARTS) is 1. The first-order valence-electron chi connectivity index (χ1n) is 8.44. The monoisotopic (exact) mass is 372 g/mol. The Labute approximate surface area is 152 Å². The third-order valence-corrected chi connectivity index (χ3v) is 6.03. The summed E-state index contributed by atoms with van der Waals surface area (Å²) in [5.41, 5.74) is 2.25. The Hall–Kier alpha value is -2.60. The van der Waals surface area contributed by atoms with Crippen molar-refractivity contribution < 1.29 is 23.1 Å². The van der Waals surface area contributed by atoms with Crippen LogP contribution in [0.5, 0.6) is 5.75 Å². The molecule has 0 fully saturated rings. The van der Waals surface area contributed by atoms with Gasteiger partial charge in [0.25, 0.3) is 0 Å². The second-order valence-corrected chi connectivity index (χ2v) is 8.25. The summed E-state index contributed by atoms with van der Waals surface area (Å²) in [4.78, 5) is 11.5. The maximum absolute atomic E-state index is 12.4. The Bertz CT molecular complexity index is 956. The van der Waals surface area contributed by atoms with Gasteiger partial charge >= 0.3 is 5.97 Å². The molecule has 26 heavy (non-hydrogen) atoms. The number of benzene rings is 2. The van der Waals surface area contributed by atoms with E-state index in [1.165, 1.54) is 6.08 Å². The zero-order valence-corrected chi connectivity index (χ0v) is 15.3. The molecule has 0 bridgehead atoms. The van der Waals surface area contributed by atoms with Crippen molar-refractivity contribution in [1.82, 2.24) is 0 Å². The average molecular weight is 372 g/mol. The average Bonchev–Trinajstić information content (AvgIpc) is 2.76. The third-order valence-electron chi connectivity index (χ3n) is 4.25. The van der Waals surface area contributed by atoms with E-state index < -0.39 is 15.8 Å². The standard InChI is InChI=1S/C20H20O5S/c1-2-10-25-18-6-3-14(4-7-18)15-5-8-19-17(12-15)13-16(20(21)22)9-11-26(19,23)24/h3-8,12-13H,2,9-11H2,1H3,(H,21,22). The molecule has 1 aliphatic heterocycles. The van der Waals surface area contributed by atoms with E-state index in [0.717, 1.165) is 23.3 Å². The SMILES string of the molecule is CCCOc1ccc(-c2ccc3c(c2)C=C(C(=O)O)CCS3(=O)=O)cc1. The fourth-order valence-electron chi connectivity index (χ4n) is 2.87. The highest BCUT2D eigenvalue weighted by Crippen LogP contribution is 2.31. The predicted molar refractivity (Wildman–Crippen MR) is 99.9 cm³/mol. The lowest BCUT2D eigenvalue weighted by molar-refractivity contribution is -0.132. The lowest BCUT2D eigenvalue weighted by atomic mass is 10.0. The summed E-state index contributed by atoms with van der Waals surface area (Å²) in [6, 6.07) is 12.6. The second-order valence-electron chi connectivity index (χ2n) is 6.17. The number of carbonyl (C=O) groups is 1. The van der Waals surface area contributed by atoms with Crippen molar-refractivity contribution in [3.63, 3.8) is 0 Å². The van der Waals surface area contributed by atoms with E-state index in [4.69, 9.17) is 4.74 Å². The van der Waals surface area contributed by atoms with Crippen molar-refractivity contribution in [3.8, 4) is 16.9 Å². The summed E-state index contributed by atoms with van der Waals surface area (Å²) in [6.45, 7) is 2.69. The van der Waals surface area contributed by atoms with Gasteiger partial charge in [-0.1, -0.05) is 25.1 Å². The minimum Gasteiger partial charge on any atom is -0.494 e. The van der Waals surface area contributed by atoms with E-state index in [2.05, 4.69) is 0 Å². The quantitative estimate of drug-likeness (QED) is 0.864. The summed E-state index contributed by atoms with van der Waals surface area (Å²) in [7, 11) is -3.50. The zero-order valence-electron chi connectivity index (χ0n) is 14.4. The van der Waals surface area contributed by atoms with Crippen LogP contribution in [0.15, 0.2) is 52.9 Å². The maximum atomic E-state index is 12.4. The fourth-order valence-corrected chi connectivity index (χ4v) is 4.33. The normalized spacial score (nSPS) is 15.5. The second kappa shape index (κ2) is 7.33. The van der Waals surface area contributed by atoms with Crippen LogP contribution in [-0.4, -0.2) is 31.9 Å². The van der Waals surface area contributed by atoms with Crippen LogP contribution in [0.2, 0.25) is 0 Å². The van der Waals surface area contributed by atoms with E-state index in [1.807, 2.05) is 31.2 Å². The van der Waals surface area contributed by atoms with Crippen LogP contribution in [0.1, 0.15) is 25.3 Å². The molecule has 0 amide bonds. The molecule has 0 aromatic heterocycles. The number of carboxylic acids is 1. The topological polar surface area (TPSA) is 80.7 Å². The molecule has 0 radical (unpaired) electrons.